The second-order valence-corrected chi connectivity index (χ2v) is 9.83. The number of sulfonamides is 1. The molecular weight excluding hydrogens is 362 g/mol. The highest BCUT2D eigenvalue weighted by atomic mass is 32.2. The quantitative estimate of drug-likeness (QED) is 0.765. The minimum absolute atomic E-state index is 0.00246. The molecule has 7 heteroatoms. The van der Waals surface area contributed by atoms with Crippen LogP contribution in [0.5, 0.6) is 0 Å². The summed E-state index contributed by atoms with van der Waals surface area (Å²) < 4.78 is 26.0. The summed E-state index contributed by atoms with van der Waals surface area (Å²) in [7, 11) is -3.37. The van der Waals surface area contributed by atoms with Crippen LogP contribution in [0.2, 0.25) is 0 Å². The van der Waals surface area contributed by atoms with Crippen LogP contribution in [0, 0.1) is 0 Å². The number of amides is 1. The molecule has 0 aromatic heterocycles. The molecule has 0 bridgehead atoms. The van der Waals surface area contributed by atoms with Crippen LogP contribution in [0.15, 0.2) is 30.3 Å². The molecule has 1 saturated carbocycles. The van der Waals surface area contributed by atoms with Crippen molar-refractivity contribution >= 4 is 15.9 Å². The highest BCUT2D eigenvalue weighted by molar-refractivity contribution is 7.88. The van der Waals surface area contributed by atoms with Crippen molar-refractivity contribution in [1.29, 1.82) is 0 Å². The predicted octanol–water partition coefficient (Wildman–Crippen LogP) is 0.508. The fraction of sp³-hybridized carbons (Fsp3) is 0.650. The van der Waals surface area contributed by atoms with E-state index in [0.717, 1.165) is 51.7 Å². The Labute approximate surface area is 163 Å². The van der Waals surface area contributed by atoms with Crippen molar-refractivity contribution in [3.8, 4) is 0 Å². The van der Waals surface area contributed by atoms with Crippen molar-refractivity contribution in [1.82, 2.24) is 9.21 Å². The van der Waals surface area contributed by atoms with Gasteiger partial charge in [-0.25, -0.2) is 8.42 Å². The molecule has 3 rings (SSSR count). The summed E-state index contributed by atoms with van der Waals surface area (Å²) in [4.78, 5) is 16.1. The lowest BCUT2D eigenvalue weighted by Crippen LogP contribution is -3.13. The first-order valence-corrected chi connectivity index (χ1v) is 11.9. The van der Waals surface area contributed by atoms with Gasteiger partial charge in [-0.05, 0) is 12.8 Å². The third-order valence-electron chi connectivity index (χ3n) is 5.82. The topological polar surface area (TPSA) is 62.1 Å². The predicted molar refractivity (Wildman–Crippen MR) is 106 cm³/mol. The zero-order chi connectivity index (χ0) is 19.3. The first-order chi connectivity index (χ1) is 12.9. The average Bonchev–Trinajstić information content (AvgIpc) is 2.67. The van der Waals surface area contributed by atoms with Crippen LogP contribution >= 0.6 is 0 Å². The van der Waals surface area contributed by atoms with E-state index in [1.54, 1.807) is 0 Å². The van der Waals surface area contributed by atoms with Crippen LogP contribution in [0.3, 0.4) is 0 Å². The van der Waals surface area contributed by atoms with Gasteiger partial charge in [-0.2, -0.15) is 4.31 Å². The summed E-state index contributed by atoms with van der Waals surface area (Å²) in [5, 5.41) is 0. The second kappa shape index (κ2) is 9.17. The molecule has 2 aliphatic rings. The zero-order valence-electron chi connectivity index (χ0n) is 16.3. The van der Waals surface area contributed by atoms with Gasteiger partial charge < -0.3 is 9.80 Å². The normalized spacial score (nSPS) is 20.1. The van der Waals surface area contributed by atoms with Gasteiger partial charge in [0, 0.05) is 11.6 Å². The first-order valence-electron chi connectivity index (χ1n) is 10.1. The monoisotopic (exact) mass is 394 g/mol. The van der Waals surface area contributed by atoms with Gasteiger partial charge in [0.25, 0.3) is 0 Å². The number of nitrogens with one attached hydrogen (secondary N) is 1. The van der Waals surface area contributed by atoms with Crippen molar-refractivity contribution in [2.45, 2.75) is 44.7 Å². The Bertz CT molecular complexity index is 709. The van der Waals surface area contributed by atoms with E-state index < -0.39 is 10.0 Å². The van der Waals surface area contributed by atoms with Gasteiger partial charge in [0.15, 0.2) is 0 Å². The summed E-state index contributed by atoms with van der Waals surface area (Å²) >= 11 is 0. The van der Waals surface area contributed by atoms with Crippen molar-refractivity contribution in [3.05, 3.63) is 35.9 Å². The molecule has 6 nitrogen and oxygen atoms in total. The SMILES string of the molecule is CS(=O)(=O)N(CC(=O)N1CC[NH+](Cc2ccccc2)CC1)C1CCCCC1. The number of quaternary nitrogens is 1. The third kappa shape index (κ3) is 5.77. The number of benzene rings is 1. The van der Waals surface area contributed by atoms with Gasteiger partial charge in [0.1, 0.15) is 6.54 Å². The molecule has 1 N–H and O–H groups in total. The molecule has 0 radical (unpaired) electrons. The Morgan fingerprint density at radius 1 is 1.11 bits per heavy atom. The van der Waals surface area contributed by atoms with Gasteiger partial charge in [0.05, 0.1) is 39.0 Å². The van der Waals surface area contributed by atoms with Crippen molar-refractivity contribution in [2.24, 2.45) is 0 Å². The molecule has 1 saturated heterocycles. The van der Waals surface area contributed by atoms with Gasteiger partial charge in [-0.1, -0.05) is 49.6 Å². The third-order valence-corrected chi connectivity index (χ3v) is 7.10. The summed E-state index contributed by atoms with van der Waals surface area (Å²) in [6, 6.07) is 10.4. The minimum Gasteiger partial charge on any atom is -0.330 e. The molecule has 1 aromatic rings. The van der Waals surface area contributed by atoms with Crippen LogP contribution in [0.1, 0.15) is 37.7 Å². The molecule has 150 valence electrons. The maximum Gasteiger partial charge on any atom is 0.238 e. The molecule has 27 heavy (non-hydrogen) atoms. The van der Waals surface area contributed by atoms with Gasteiger partial charge in [-0.3, -0.25) is 4.79 Å². The smallest absolute Gasteiger partial charge is 0.238 e. The lowest BCUT2D eigenvalue weighted by Gasteiger charge is -2.36. The molecule has 0 unspecified atom stereocenters. The molecule has 1 amide bonds. The number of nitrogens with zero attached hydrogens (tertiary/aromatic N) is 2. The molecule has 1 aliphatic heterocycles. The summed E-state index contributed by atoms with van der Waals surface area (Å²) in [6.45, 7) is 4.18. The highest BCUT2D eigenvalue weighted by Gasteiger charge is 2.32. The highest BCUT2D eigenvalue weighted by Crippen LogP contribution is 2.24. The van der Waals surface area contributed by atoms with Crippen LogP contribution in [-0.2, 0) is 21.4 Å². The summed E-state index contributed by atoms with van der Waals surface area (Å²) in [6.07, 6.45) is 6.23. The standard InChI is InChI=1S/C20H31N3O3S/c1-27(25,26)23(19-10-6-3-7-11-19)17-20(24)22-14-12-21(13-15-22)16-18-8-4-2-5-9-18/h2,4-5,8-9,19H,3,6-7,10-17H2,1H3/p+1. The summed E-state index contributed by atoms with van der Waals surface area (Å²) in [5.74, 6) is -0.0511. The van der Waals surface area contributed by atoms with E-state index in [4.69, 9.17) is 0 Å². The minimum atomic E-state index is -3.37. The Hall–Kier alpha value is -1.44. The molecule has 0 spiro atoms. The van der Waals surface area contributed by atoms with E-state index in [9.17, 15) is 13.2 Å². The van der Waals surface area contributed by atoms with Crippen molar-refractivity contribution < 1.29 is 18.1 Å². The van der Waals surface area contributed by atoms with E-state index in [-0.39, 0.29) is 18.5 Å². The molecule has 1 aromatic carbocycles. The fourth-order valence-corrected chi connectivity index (χ4v) is 5.35. The molecule has 0 atom stereocenters. The van der Waals surface area contributed by atoms with Crippen LogP contribution in [-0.4, -0.2) is 68.6 Å². The first kappa shape index (κ1) is 20.3. The van der Waals surface area contributed by atoms with E-state index in [1.165, 1.54) is 21.0 Å². The van der Waals surface area contributed by atoms with Crippen LogP contribution in [0.4, 0.5) is 0 Å². The molecule has 1 heterocycles. The number of rotatable bonds is 6. The van der Waals surface area contributed by atoms with Gasteiger partial charge in [0.2, 0.25) is 15.9 Å². The molecule has 2 fully saturated rings. The Kier molecular flexibility index (Phi) is 6.89. The lowest BCUT2D eigenvalue weighted by molar-refractivity contribution is -0.917. The Balaban J connectivity index is 1.53. The second-order valence-electron chi connectivity index (χ2n) is 7.89. The maximum absolute atomic E-state index is 12.8. The summed E-state index contributed by atoms with van der Waals surface area (Å²) in [5.41, 5.74) is 1.31. The lowest BCUT2D eigenvalue weighted by atomic mass is 9.95. The number of carbonyl (C=O) groups excluding carboxylic acids is 1. The van der Waals surface area contributed by atoms with Crippen molar-refractivity contribution in [2.75, 3.05) is 39.0 Å². The van der Waals surface area contributed by atoms with E-state index in [0.29, 0.717) is 13.1 Å². The largest absolute Gasteiger partial charge is 0.330 e. The number of hydrogen-bond donors (Lipinski definition) is 1. The number of hydrogen-bond acceptors (Lipinski definition) is 3. The Morgan fingerprint density at radius 3 is 2.33 bits per heavy atom. The van der Waals surface area contributed by atoms with Gasteiger partial charge in [-0.15, -0.1) is 0 Å². The van der Waals surface area contributed by atoms with Gasteiger partial charge >= 0.3 is 0 Å². The Morgan fingerprint density at radius 2 is 1.74 bits per heavy atom. The number of piperazine rings is 1. The van der Waals surface area contributed by atoms with Crippen molar-refractivity contribution in [3.63, 3.8) is 0 Å². The van der Waals surface area contributed by atoms with E-state index in [1.807, 2.05) is 11.0 Å². The zero-order valence-corrected chi connectivity index (χ0v) is 17.1. The maximum atomic E-state index is 12.8. The van der Waals surface area contributed by atoms with Crippen LogP contribution in [0.25, 0.3) is 0 Å². The van der Waals surface area contributed by atoms with E-state index in [2.05, 4.69) is 24.3 Å². The fourth-order valence-electron chi connectivity index (χ4n) is 4.25. The number of carbonyl (C=O) groups is 1. The van der Waals surface area contributed by atoms with E-state index >= 15 is 0 Å². The average molecular weight is 395 g/mol. The molecular formula is C20H32N3O3S+. The molecule has 1 aliphatic carbocycles. The van der Waals surface area contributed by atoms with Crippen LogP contribution < -0.4 is 4.90 Å².